The number of benzene rings is 2. The lowest BCUT2D eigenvalue weighted by molar-refractivity contribution is -0.143. The van der Waals surface area contributed by atoms with E-state index in [2.05, 4.69) is 24.3 Å². The minimum Gasteiger partial charge on any atom is -0.493 e. The maximum atomic E-state index is 11.9. The Balaban J connectivity index is 1.89. The molecule has 0 radical (unpaired) electrons. The van der Waals surface area contributed by atoms with Gasteiger partial charge in [0.15, 0.2) is 11.5 Å². The van der Waals surface area contributed by atoms with Crippen LogP contribution in [0, 0.1) is 5.92 Å². The van der Waals surface area contributed by atoms with Gasteiger partial charge in [-0.15, -0.1) is 0 Å². The molecule has 0 fully saturated rings. The lowest BCUT2D eigenvalue weighted by atomic mass is 9.64. The van der Waals surface area contributed by atoms with Gasteiger partial charge in [-0.25, -0.2) is 0 Å². The number of aliphatic carboxylic acids is 1. The number of aryl methyl sites for hydroxylation is 1. The second-order valence-electron chi connectivity index (χ2n) is 7.30. The number of rotatable bonds is 4. The topological polar surface area (TPSA) is 55.8 Å². The van der Waals surface area contributed by atoms with E-state index in [1.807, 2.05) is 12.1 Å². The quantitative estimate of drug-likeness (QED) is 0.897. The third-order valence-corrected chi connectivity index (χ3v) is 6.06. The fourth-order valence-electron chi connectivity index (χ4n) is 4.92. The van der Waals surface area contributed by atoms with Gasteiger partial charge < -0.3 is 14.6 Å². The van der Waals surface area contributed by atoms with E-state index in [9.17, 15) is 9.90 Å². The first kappa shape index (κ1) is 17.0. The molecule has 1 N–H and O–H groups in total. The van der Waals surface area contributed by atoms with Crippen LogP contribution in [0.1, 0.15) is 46.9 Å². The Morgan fingerprint density at radius 2 is 1.92 bits per heavy atom. The van der Waals surface area contributed by atoms with Crippen LogP contribution < -0.4 is 9.47 Å². The average molecular weight is 352 g/mol. The fraction of sp³-hybridized carbons (Fsp3) is 0.409. The summed E-state index contributed by atoms with van der Waals surface area (Å²) in [5, 5.41) is 9.81. The summed E-state index contributed by atoms with van der Waals surface area (Å²) >= 11 is 0. The van der Waals surface area contributed by atoms with Gasteiger partial charge in [0.05, 0.1) is 20.1 Å². The fourth-order valence-corrected chi connectivity index (χ4v) is 4.92. The van der Waals surface area contributed by atoms with E-state index in [-0.39, 0.29) is 11.8 Å². The molecule has 2 aromatic rings. The summed E-state index contributed by atoms with van der Waals surface area (Å²) in [5.41, 5.74) is 4.83. The third-order valence-electron chi connectivity index (χ3n) is 6.06. The summed E-state index contributed by atoms with van der Waals surface area (Å²) in [6, 6.07) is 12.4. The highest BCUT2D eigenvalue weighted by atomic mass is 16.5. The maximum absolute atomic E-state index is 11.9. The zero-order valence-corrected chi connectivity index (χ0v) is 15.2. The summed E-state index contributed by atoms with van der Waals surface area (Å²) in [6.45, 7) is 0. The van der Waals surface area contributed by atoms with Gasteiger partial charge in [0.2, 0.25) is 0 Å². The second-order valence-corrected chi connectivity index (χ2v) is 7.30. The number of hydrogen-bond donors (Lipinski definition) is 1. The molecule has 0 unspecified atom stereocenters. The first-order chi connectivity index (χ1) is 12.6. The van der Waals surface area contributed by atoms with Crippen LogP contribution in [-0.2, 0) is 17.6 Å². The molecule has 3 atom stereocenters. The monoisotopic (exact) mass is 352 g/mol. The molecular formula is C22H24O4. The molecule has 0 saturated heterocycles. The summed E-state index contributed by atoms with van der Waals surface area (Å²) in [5.74, 6) is 0.832. The van der Waals surface area contributed by atoms with Gasteiger partial charge in [0, 0.05) is 5.56 Å². The van der Waals surface area contributed by atoms with Crippen LogP contribution in [0.5, 0.6) is 11.5 Å². The number of methoxy groups -OCH3 is 2. The van der Waals surface area contributed by atoms with Crippen LogP contribution >= 0.6 is 0 Å². The molecule has 2 aliphatic carbocycles. The number of carboxylic acids is 1. The molecule has 0 heterocycles. The zero-order chi connectivity index (χ0) is 18.3. The molecule has 0 bridgehead atoms. The Kier molecular flexibility index (Phi) is 4.35. The van der Waals surface area contributed by atoms with Crippen LogP contribution in [0.4, 0.5) is 0 Å². The summed E-state index contributed by atoms with van der Waals surface area (Å²) in [6.07, 6.45) is 3.20. The van der Waals surface area contributed by atoms with Crippen molar-refractivity contribution in [1.82, 2.24) is 0 Å². The molecule has 2 aliphatic rings. The lowest BCUT2D eigenvalue weighted by Crippen LogP contribution is -2.33. The smallest absolute Gasteiger partial charge is 0.307 e. The lowest BCUT2D eigenvalue weighted by Gasteiger charge is -2.40. The number of carbonyl (C=O) groups is 1. The highest BCUT2D eigenvalue weighted by molar-refractivity contribution is 5.73. The van der Waals surface area contributed by atoms with Gasteiger partial charge in [-0.05, 0) is 60.3 Å². The Hall–Kier alpha value is -2.49. The first-order valence-corrected chi connectivity index (χ1v) is 9.18. The molecule has 0 saturated carbocycles. The minimum atomic E-state index is -0.685. The predicted molar refractivity (Wildman–Crippen MR) is 99.2 cm³/mol. The molecule has 0 aliphatic heterocycles. The molecule has 136 valence electrons. The highest BCUT2D eigenvalue weighted by Crippen LogP contribution is 2.53. The molecule has 4 heteroatoms. The Morgan fingerprint density at radius 3 is 2.58 bits per heavy atom. The van der Waals surface area contributed by atoms with Gasteiger partial charge in [0.25, 0.3) is 0 Å². The first-order valence-electron chi connectivity index (χ1n) is 9.18. The Labute approximate surface area is 153 Å². The van der Waals surface area contributed by atoms with E-state index in [0.29, 0.717) is 12.3 Å². The largest absolute Gasteiger partial charge is 0.493 e. The van der Waals surface area contributed by atoms with E-state index in [1.54, 1.807) is 14.2 Å². The van der Waals surface area contributed by atoms with E-state index < -0.39 is 5.97 Å². The van der Waals surface area contributed by atoms with Crippen molar-refractivity contribution < 1.29 is 19.4 Å². The molecule has 26 heavy (non-hydrogen) atoms. The standard InChI is InChI=1S/C22H24O4/c1-25-19-12-14-8-9-16(22(23)24)17-10-15(13-6-4-3-5-7-13)11-18(20(14)17)21(19)26-2/h3-7,12,15-17H,8-11H2,1-2H3,(H,23,24)/t15-,16+,17+/m0/s1. The van der Waals surface area contributed by atoms with Crippen LogP contribution in [0.3, 0.4) is 0 Å². The summed E-state index contributed by atoms with van der Waals surface area (Å²) in [4.78, 5) is 11.9. The summed E-state index contributed by atoms with van der Waals surface area (Å²) in [7, 11) is 3.33. The van der Waals surface area contributed by atoms with E-state index >= 15 is 0 Å². The van der Waals surface area contributed by atoms with E-state index in [1.165, 1.54) is 16.7 Å². The van der Waals surface area contributed by atoms with Crippen molar-refractivity contribution >= 4 is 5.97 Å². The van der Waals surface area contributed by atoms with Crippen molar-refractivity contribution in [2.75, 3.05) is 14.2 Å². The van der Waals surface area contributed by atoms with E-state index in [0.717, 1.165) is 36.3 Å². The highest BCUT2D eigenvalue weighted by Gasteiger charge is 2.42. The van der Waals surface area contributed by atoms with Crippen LogP contribution in [0.15, 0.2) is 36.4 Å². The van der Waals surface area contributed by atoms with Gasteiger partial charge in [-0.3, -0.25) is 4.79 Å². The zero-order valence-electron chi connectivity index (χ0n) is 15.2. The maximum Gasteiger partial charge on any atom is 0.307 e. The van der Waals surface area contributed by atoms with Crippen molar-refractivity contribution in [3.8, 4) is 11.5 Å². The van der Waals surface area contributed by atoms with Crippen LogP contribution in [0.2, 0.25) is 0 Å². The van der Waals surface area contributed by atoms with Gasteiger partial charge >= 0.3 is 5.97 Å². The van der Waals surface area contributed by atoms with Crippen molar-refractivity contribution in [1.29, 1.82) is 0 Å². The normalized spacial score (nSPS) is 23.8. The number of hydrogen-bond acceptors (Lipinski definition) is 3. The average Bonchev–Trinajstić information content (AvgIpc) is 2.68. The Bertz CT molecular complexity index is 828. The van der Waals surface area contributed by atoms with Crippen LogP contribution in [-0.4, -0.2) is 25.3 Å². The van der Waals surface area contributed by atoms with E-state index in [4.69, 9.17) is 9.47 Å². The SMILES string of the molecule is COc1cc2c3c(c1OC)C[C@@H](c1ccccc1)C[C@@H]3[C@H](C(=O)O)CC2. The Morgan fingerprint density at radius 1 is 1.15 bits per heavy atom. The molecule has 0 aromatic heterocycles. The molecule has 0 amide bonds. The van der Waals surface area contributed by atoms with Gasteiger partial charge in [-0.1, -0.05) is 30.3 Å². The van der Waals surface area contributed by atoms with Crippen LogP contribution in [0.25, 0.3) is 0 Å². The second kappa shape index (κ2) is 6.67. The van der Waals surface area contributed by atoms with Crippen molar-refractivity contribution in [2.24, 2.45) is 5.92 Å². The van der Waals surface area contributed by atoms with Crippen molar-refractivity contribution in [2.45, 2.75) is 37.5 Å². The minimum absolute atomic E-state index is 0.0324. The predicted octanol–water partition coefficient (Wildman–Crippen LogP) is 4.16. The van der Waals surface area contributed by atoms with Crippen molar-refractivity contribution in [3.63, 3.8) is 0 Å². The number of carboxylic acid groups (broad SMARTS) is 1. The van der Waals surface area contributed by atoms with Gasteiger partial charge in [-0.2, -0.15) is 0 Å². The third kappa shape index (κ3) is 2.64. The number of ether oxygens (including phenoxy) is 2. The summed E-state index contributed by atoms with van der Waals surface area (Å²) < 4.78 is 11.3. The van der Waals surface area contributed by atoms with Gasteiger partial charge in [0.1, 0.15) is 0 Å². The molecule has 4 nitrogen and oxygen atoms in total. The molecular weight excluding hydrogens is 328 g/mol. The molecule has 0 spiro atoms. The molecule has 2 aromatic carbocycles. The molecule has 4 rings (SSSR count). The van der Waals surface area contributed by atoms with Crippen molar-refractivity contribution in [3.05, 3.63) is 58.7 Å².